The molecule has 1 heterocycles. The number of hydrogen-bond acceptors (Lipinski definition) is 3. The van der Waals surface area contributed by atoms with Crippen molar-refractivity contribution in [1.82, 2.24) is 4.98 Å². The van der Waals surface area contributed by atoms with Gasteiger partial charge in [0.25, 0.3) is 0 Å². The molecular formula is C16H19NO2. The van der Waals surface area contributed by atoms with Gasteiger partial charge in [0.1, 0.15) is 5.75 Å². The zero-order chi connectivity index (χ0) is 13.9. The van der Waals surface area contributed by atoms with Crippen molar-refractivity contribution < 1.29 is 9.84 Å². The number of hydrogen-bond donors (Lipinski definition) is 1. The molecule has 0 fully saturated rings. The second kappa shape index (κ2) is 5.41. The molecule has 0 bridgehead atoms. The topological polar surface area (TPSA) is 42.4 Å². The minimum Gasteiger partial charge on any atom is -0.497 e. The second-order valence-electron chi connectivity index (χ2n) is 4.85. The van der Waals surface area contributed by atoms with Gasteiger partial charge in [-0.2, -0.15) is 0 Å². The second-order valence-corrected chi connectivity index (χ2v) is 4.85. The molecule has 0 unspecified atom stereocenters. The van der Waals surface area contributed by atoms with Crippen LogP contribution in [-0.4, -0.2) is 17.2 Å². The van der Waals surface area contributed by atoms with Crippen LogP contribution >= 0.6 is 0 Å². The minimum atomic E-state index is -0.972. The van der Waals surface area contributed by atoms with E-state index < -0.39 is 5.60 Å². The number of aromatic nitrogens is 1. The number of benzene rings is 1. The first kappa shape index (κ1) is 13.6. The van der Waals surface area contributed by atoms with Crippen LogP contribution in [0.5, 0.6) is 5.75 Å². The number of aliphatic hydroxyl groups is 1. The van der Waals surface area contributed by atoms with E-state index in [1.54, 1.807) is 13.3 Å². The summed E-state index contributed by atoms with van der Waals surface area (Å²) in [4.78, 5) is 4.32. The van der Waals surface area contributed by atoms with Gasteiger partial charge >= 0.3 is 0 Å². The Labute approximate surface area is 113 Å². The summed E-state index contributed by atoms with van der Waals surface area (Å²) in [6.45, 7) is 3.79. The van der Waals surface area contributed by atoms with Crippen LogP contribution < -0.4 is 4.74 Å². The first-order valence-corrected chi connectivity index (χ1v) is 6.33. The maximum Gasteiger partial charge on any atom is 0.118 e. The van der Waals surface area contributed by atoms with Crippen molar-refractivity contribution in [3.8, 4) is 5.75 Å². The zero-order valence-electron chi connectivity index (χ0n) is 11.5. The third-order valence-corrected chi connectivity index (χ3v) is 3.65. The van der Waals surface area contributed by atoms with Crippen molar-refractivity contribution in [1.29, 1.82) is 0 Å². The van der Waals surface area contributed by atoms with Gasteiger partial charge in [-0.3, -0.25) is 4.98 Å². The van der Waals surface area contributed by atoms with Gasteiger partial charge in [-0.05, 0) is 36.8 Å². The van der Waals surface area contributed by atoms with Crippen LogP contribution in [0, 0.1) is 0 Å². The van der Waals surface area contributed by atoms with E-state index in [0.717, 1.165) is 17.0 Å². The molecule has 19 heavy (non-hydrogen) atoms. The summed E-state index contributed by atoms with van der Waals surface area (Å²) in [6.07, 6.45) is 1.75. The Morgan fingerprint density at radius 3 is 2.37 bits per heavy atom. The van der Waals surface area contributed by atoms with Crippen LogP contribution in [0.4, 0.5) is 0 Å². The van der Waals surface area contributed by atoms with E-state index in [4.69, 9.17) is 4.74 Å². The lowest BCUT2D eigenvalue weighted by atomic mass is 9.82. The predicted molar refractivity (Wildman–Crippen MR) is 75.2 cm³/mol. The van der Waals surface area contributed by atoms with E-state index >= 15 is 0 Å². The fraction of sp³-hybridized carbons (Fsp3) is 0.312. The van der Waals surface area contributed by atoms with Gasteiger partial charge in [-0.25, -0.2) is 0 Å². The highest BCUT2D eigenvalue weighted by Gasteiger charge is 2.32. The fourth-order valence-corrected chi connectivity index (χ4v) is 2.10. The van der Waals surface area contributed by atoms with Crippen LogP contribution in [0.25, 0.3) is 0 Å². The van der Waals surface area contributed by atoms with Crippen molar-refractivity contribution in [3.63, 3.8) is 0 Å². The summed E-state index contributed by atoms with van der Waals surface area (Å²) < 4.78 is 5.13. The van der Waals surface area contributed by atoms with E-state index in [2.05, 4.69) is 4.98 Å². The molecule has 2 rings (SSSR count). The van der Waals surface area contributed by atoms with Gasteiger partial charge in [-0.15, -0.1) is 0 Å². The Hall–Kier alpha value is -1.87. The number of methoxy groups -OCH3 is 1. The molecule has 3 nitrogen and oxygen atoms in total. The minimum absolute atomic E-state index is 0.0953. The third kappa shape index (κ3) is 2.76. The Balaban J connectivity index is 2.30. The lowest BCUT2D eigenvalue weighted by Crippen LogP contribution is -2.28. The molecule has 3 heteroatoms. The van der Waals surface area contributed by atoms with E-state index in [-0.39, 0.29) is 5.92 Å². The highest BCUT2D eigenvalue weighted by atomic mass is 16.5. The van der Waals surface area contributed by atoms with Gasteiger partial charge < -0.3 is 9.84 Å². The van der Waals surface area contributed by atoms with E-state index in [9.17, 15) is 5.11 Å². The lowest BCUT2D eigenvalue weighted by molar-refractivity contribution is 0.0310. The summed E-state index contributed by atoms with van der Waals surface area (Å²) >= 11 is 0. The summed E-state index contributed by atoms with van der Waals surface area (Å²) in [7, 11) is 1.63. The molecule has 0 spiro atoms. The third-order valence-electron chi connectivity index (χ3n) is 3.65. The molecule has 0 radical (unpaired) electrons. The highest BCUT2D eigenvalue weighted by molar-refractivity contribution is 5.32. The van der Waals surface area contributed by atoms with Gasteiger partial charge in [0.15, 0.2) is 0 Å². The molecule has 0 aliphatic carbocycles. The van der Waals surface area contributed by atoms with Crippen LogP contribution in [0.2, 0.25) is 0 Å². The van der Waals surface area contributed by atoms with Gasteiger partial charge in [-0.1, -0.05) is 25.1 Å². The molecule has 1 N–H and O–H groups in total. The molecule has 0 saturated carbocycles. The molecule has 1 aromatic carbocycles. The maximum absolute atomic E-state index is 10.8. The maximum atomic E-state index is 10.8. The quantitative estimate of drug-likeness (QED) is 0.915. The highest BCUT2D eigenvalue weighted by Crippen LogP contribution is 2.35. The Morgan fingerprint density at radius 1 is 1.16 bits per heavy atom. The summed E-state index contributed by atoms with van der Waals surface area (Å²) in [5, 5.41) is 10.8. The van der Waals surface area contributed by atoms with Crippen molar-refractivity contribution in [2.45, 2.75) is 25.4 Å². The largest absolute Gasteiger partial charge is 0.497 e. The summed E-state index contributed by atoms with van der Waals surface area (Å²) in [6, 6.07) is 13.2. The number of nitrogens with zero attached hydrogens (tertiary/aromatic N) is 1. The van der Waals surface area contributed by atoms with Crippen molar-refractivity contribution in [3.05, 3.63) is 59.9 Å². The molecule has 0 saturated heterocycles. The summed E-state index contributed by atoms with van der Waals surface area (Å²) in [5.74, 6) is 0.687. The van der Waals surface area contributed by atoms with E-state index in [1.165, 1.54) is 0 Å². The monoisotopic (exact) mass is 257 g/mol. The Bertz CT molecular complexity index is 520. The van der Waals surface area contributed by atoms with E-state index in [1.807, 2.05) is 56.3 Å². The first-order valence-electron chi connectivity index (χ1n) is 6.33. The number of ether oxygens (including phenoxy) is 1. The van der Waals surface area contributed by atoms with E-state index in [0.29, 0.717) is 0 Å². The van der Waals surface area contributed by atoms with Gasteiger partial charge in [0, 0.05) is 17.8 Å². The normalized spacial score (nSPS) is 15.6. The molecule has 0 aliphatic heterocycles. The first-order chi connectivity index (χ1) is 9.05. The van der Waals surface area contributed by atoms with Crippen molar-refractivity contribution in [2.24, 2.45) is 0 Å². The SMILES string of the molecule is COc1ccc([C@@](C)(O)[C@@H](C)c2ccccn2)cc1. The predicted octanol–water partition coefficient (Wildman–Crippen LogP) is 3.10. The number of rotatable bonds is 4. The Morgan fingerprint density at radius 2 is 1.84 bits per heavy atom. The van der Waals surface area contributed by atoms with Gasteiger partial charge in [0.2, 0.25) is 0 Å². The lowest BCUT2D eigenvalue weighted by Gasteiger charge is -2.30. The molecule has 1 aromatic heterocycles. The van der Waals surface area contributed by atoms with Crippen LogP contribution in [0.1, 0.15) is 31.0 Å². The van der Waals surface area contributed by atoms with Crippen LogP contribution in [0.3, 0.4) is 0 Å². The smallest absolute Gasteiger partial charge is 0.118 e. The standard InChI is InChI=1S/C16H19NO2/c1-12(15-6-4-5-11-17-15)16(2,18)13-7-9-14(19-3)10-8-13/h4-12,18H,1-3H3/t12-,16-/m0/s1. The number of pyridine rings is 1. The van der Waals surface area contributed by atoms with Crippen LogP contribution in [0.15, 0.2) is 48.7 Å². The van der Waals surface area contributed by atoms with Crippen LogP contribution in [-0.2, 0) is 5.60 Å². The molecule has 0 aliphatic rings. The molecule has 100 valence electrons. The van der Waals surface area contributed by atoms with Crippen molar-refractivity contribution >= 4 is 0 Å². The molecule has 2 atom stereocenters. The Kier molecular flexibility index (Phi) is 3.86. The zero-order valence-corrected chi connectivity index (χ0v) is 11.5. The molecular weight excluding hydrogens is 238 g/mol. The fourth-order valence-electron chi connectivity index (χ4n) is 2.10. The summed E-state index contributed by atoms with van der Waals surface area (Å²) in [5.41, 5.74) is 0.760. The van der Waals surface area contributed by atoms with Gasteiger partial charge in [0.05, 0.1) is 12.7 Å². The molecule has 2 aromatic rings. The molecule has 0 amide bonds. The average molecular weight is 257 g/mol. The van der Waals surface area contributed by atoms with Crippen molar-refractivity contribution in [2.75, 3.05) is 7.11 Å². The average Bonchev–Trinajstić information content (AvgIpc) is 2.47.